The number of hydrogen-bond acceptors (Lipinski definition) is 4. The quantitative estimate of drug-likeness (QED) is 0.687. The molecule has 2 aliphatic rings. The lowest BCUT2D eigenvalue weighted by atomic mass is 9.71. The van der Waals surface area contributed by atoms with Crippen molar-refractivity contribution in [1.82, 2.24) is 10.2 Å². The fourth-order valence-electron chi connectivity index (χ4n) is 5.40. The van der Waals surface area contributed by atoms with Crippen LogP contribution in [-0.2, 0) is 16.0 Å². The van der Waals surface area contributed by atoms with E-state index in [-0.39, 0.29) is 17.7 Å². The van der Waals surface area contributed by atoms with Crippen LogP contribution in [0.1, 0.15) is 53.1 Å². The highest BCUT2D eigenvalue weighted by molar-refractivity contribution is 6.02. The van der Waals surface area contributed by atoms with Gasteiger partial charge < -0.3 is 19.7 Å². The van der Waals surface area contributed by atoms with Crippen LogP contribution in [-0.4, -0.2) is 56.2 Å². The van der Waals surface area contributed by atoms with E-state index in [0.717, 1.165) is 49.0 Å². The zero-order valence-electron chi connectivity index (χ0n) is 18.9. The molecule has 0 aromatic heterocycles. The molecule has 2 amide bonds. The number of nitrogens with one attached hydrogen (secondary N) is 1. The third kappa shape index (κ3) is 4.11. The molecule has 32 heavy (non-hydrogen) atoms. The van der Waals surface area contributed by atoms with Crippen molar-refractivity contribution in [3.05, 3.63) is 65.2 Å². The average molecular weight is 437 g/mol. The van der Waals surface area contributed by atoms with Gasteiger partial charge in [0.2, 0.25) is 5.91 Å². The fourth-order valence-corrected chi connectivity index (χ4v) is 5.40. The number of hydrogen-bond donors (Lipinski definition) is 1. The minimum absolute atomic E-state index is 0.00257. The van der Waals surface area contributed by atoms with Crippen LogP contribution in [0.5, 0.6) is 5.75 Å². The molecule has 0 bridgehead atoms. The molecule has 1 aliphatic heterocycles. The third-order valence-corrected chi connectivity index (χ3v) is 6.94. The van der Waals surface area contributed by atoms with Crippen LogP contribution >= 0.6 is 0 Å². The fraction of sp³-hybridized carbons (Fsp3) is 0.462. The van der Waals surface area contributed by atoms with Crippen LogP contribution < -0.4 is 10.1 Å². The number of rotatable bonds is 8. The molecule has 1 fully saturated rings. The number of amides is 2. The van der Waals surface area contributed by atoms with Gasteiger partial charge in [0.25, 0.3) is 5.91 Å². The van der Waals surface area contributed by atoms with Crippen LogP contribution in [0.2, 0.25) is 0 Å². The van der Waals surface area contributed by atoms with E-state index in [1.807, 2.05) is 53.4 Å². The third-order valence-electron chi connectivity index (χ3n) is 6.94. The minimum Gasteiger partial charge on any atom is -0.497 e. The second kappa shape index (κ2) is 9.74. The van der Waals surface area contributed by atoms with Crippen molar-refractivity contribution < 1.29 is 19.1 Å². The van der Waals surface area contributed by atoms with E-state index >= 15 is 0 Å². The molecule has 4 rings (SSSR count). The lowest BCUT2D eigenvalue weighted by Gasteiger charge is -2.50. The Hall–Kier alpha value is -2.86. The normalized spacial score (nSPS) is 19.1. The second-order valence-corrected chi connectivity index (χ2v) is 8.67. The Labute approximate surface area is 189 Å². The van der Waals surface area contributed by atoms with E-state index in [9.17, 15) is 9.59 Å². The highest BCUT2D eigenvalue weighted by Crippen LogP contribution is 2.50. The predicted molar refractivity (Wildman–Crippen MR) is 123 cm³/mol. The molecule has 0 saturated heterocycles. The monoisotopic (exact) mass is 436 g/mol. The van der Waals surface area contributed by atoms with Gasteiger partial charge in [0.15, 0.2) is 0 Å². The maximum atomic E-state index is 13.6. The van der Waals surface area contributed by atoms with E-state index in [0.29, 0.717) is 25.3 Å². The van der Waals surface area contributed by atoms with Gasteiger partial charge >= 0.3 is 0 Å². The van der Waals surface area contributed by atoms with Gasteiger partial charge in [-0.15, -0.1) is 0 Å². The van der Waals surface area contributed by atoms with Gasteiger partial charge in [0, 0.05) is 25.8 Å². The highest BCUT2D eigenvalue weighted by Gasteiger charge is 2.55. The molecule has 2 aromatic rings. The Kier molecular flexibility index (Phi) is 6.80. The summed E-state index contributed by atoms with van der Waals surface area (Å²) in [6.07, 6.45) is 4.47. The highest BCUT2D eigenvalue weighted by atomic mass is 16.5. The first kappa shape index (κ1) is 22.3. The van der Waals surface area contributed by atoms with Gasteiger partial charge in [-0.1, -0.05) is 43.2 Å². The Balaban J connectivity index is 1.58. The topological polar surface area (TPSA) is 67.9 Å². The molecule has 6 nitrogen and oxygen atoms in total. The molecule has 1 spiro atoms. The molecule has 1 heterocycles. The van der Waals surface area contributed by atoms with Gasteiger partial charge in [-0.3, -0.25) is 9.59 Å². The van der Waals surface area contributed by atoms with E-state index in [1.54, 1.807) is 14.2 Å². The molecule has 1 saturated carbocycles. The molecule has 1 atom stereocenters. The van der Waals surface area contributed by atoms with Crippen molar-refractivity contribution in [2.24, 2.45) is 0 Å². The minimum atomic E-state index is -0.478. The molecule has 1 aliphatic carbocycles. The first-order valence-corrected chi connectivity index (χ1v) is 11.4. The molecule has 6 heteroatoms. The lowest BCUT2D eigenvalue weighted by Crippen LogP contribution is -2.61. The van der Waals surface area contributed by atoms with Crippen LogP contribution in [0.4, 0.5) is 0 Å². The molecule has 0 unspecified atom stereocenters. The number of carbonyl (C=O) groups excluding carboxylic acids is 2. The Morgan fingerprint density at radius 3 is 2.50 bits per heavy atom. The van der Waals surface area contributed by atoms with Gasteiger partial charge in [-0.05, 0) is 48.6 Å². The maximum Gasteiger partial charge on any atom is 0.254 e. The van der Waals surface area contributed by atoms with Crippen molar-refractivity contribution in [3.8, 4) is 5.75 Å². The van der Waals surface area contributed by atoms with E-state index in [1.165, 1.54) is 0 Å². The molecule has 1 N–H and O–H groups in total. The van der Waals surface area contributed by atoms with Crippen molar-refractivity contribution >= 4 is 11.8 Å². The summed E-state index contributed by atoms with van der Waals surface area (Å²) in [6, 6.07) is 15.5. The Morgan fingerprint density at radius 2 is 1.81 bits per heavy atom. The van der Waals surface area contributed by atoms with Crippen LogP contribution in [0.3, 0.4) is 0 Å². The van der Waals surface area contributed by atoms with Crippen LogP contribution in [0.15, 0.2) is 48.5 Å². The van der Waals surface area contributed by atoms with E-state index in [2.05, 4.69) is 5.32 Å². The summed E-state index contributed by atoms with van der Waals surface area (Å²) in [4.78, 5) is 29.0. The summed E-state index contributed by atoms with van der Waals surface area (Å²) in [5.41, 5.74) is 2.16. The summed E-state index contributed by atoms with van der Waals surface area (Å²) in [7, 11) is 3.30. The zero-order valence-corrected chi connectivity index (χ0v) is 18.9. The SMILES string of the molecule is COCCN1C(=O)c2ccccc2[C@@H](C(=O)NCCc2ccc(OC)cc2)C12CCCC2. The Bertz CT molecular complexity index is 951. The molecule has 0 radical (unpaired) electrons. The van der Waals surface area contributed by atoms with Gasteiger partial charge in [0.1, 0.15) is 5.75 Å². The summed E-state index contributed by atoms with van der Waals surface area (Å²) in [5, 5.41) is 3.17. The van der Waals surface area contributed by atoms with Crippen molar-refractivity contribution in [2.45, 2.75) is 43.6 Å². The lowest BCUT2D eigenvalue weighted by molar-refractivity contribution is -0.126. The van der Waals surface area contributed by atoms with Gasteiger partial charge in [-0.2, -0.15) is 0 Å². The van der Waals surface area contributed by atoms with Crippen molar-refractivity contribution in [2.75, 3.05) is 33.9 Å². The Morgan fingerprint density at radius 1 is 1.09 bits per heavy atom. The molecular formula is C26H32N2O4. The maximum absolute atomic E-state index is 13.6. The molecule has 170 valence electrons. The van der Waals surface area contributed by atoms with Crippen molar-refractivity contribution in [1.29, 1.82) is 0 Å². The smallest absolute Gasteiger partial charge is 0.254 e. The standard InChI is InChI=1S/C26H32N2O4/c1-31-18-17-28-25(30)22-8-4-3-7-21(22)23(26(28)14-5-6-15-26)24(29)27-16-13-19-9-11-20(32-2)12-10-19/h3-4,7-12,23H,5-6,13-18H2,1-2H3,(H,27,29)/t23-/m0/s1. The van der Waals surface area contributed by atoms with Crippen molar-refractivity contribution in [3.63, 3.8) is 0 Å². The molecule has 2 aromatic carbocycles. The number of fused-ring (bicyclic) bond motifs is 1. The van der Waals surface area contributed by atoms with Crippen LogP contribution in [0.25, 0.3) is 0 Å². The second-order valence-electron chi connectivity index (χ2n) is 8.67. The summed E-state index contributed by atoms with van der Waals surface area (Å²) < 4.78 is 10.5. The van der Waals surface area contributed by atoms with E-state index in [4.69, 9.17) is 9.47 Å². The first-order chi connectivity index (χ1) is 15.6. The number of methoxy groups -OCH3 is 2. The summed E-state index contributed by atoms with van der Waals surface area (Å²) in [6.45, 7) is 1.51. The van der Waals surface area contributed by atoms with Crippen LogP contribution in [0, 0.1) is 0 Å². The number of benzene rings is 2. The van der Waals surface area contributed by atoms with E-state index < -0.39 is 5.54 Å². The van der Waals surface area contributed by atoms with Gasteiger partial charge in [0.05, 0.1) is 25.2 Å². The number of ether oxygens (including phenoxy) is 2. The summed E-state index contributed by atoms with van der Waals surface area (Å²) in [5.74, 6) is 0.469. The first-order valence-electron chi connectivity index (χ1n) is 11.4. The number of nitrogens with zero attached hydrogens (tertiary/aromatic N) is 1. The predicted octanol–water partition coefficient (Wildman–Crippen LogP) is 3.55. The summed E-state index contributed by atoms with van der Waals surface area (Å²) >= 11 is 0. The molecular weight excluding hydrogens is 404 g/mol. The number of carbonyl (C=O) groups is 2. The average Bonchev–Trinajstić information content (AvgIpc) is 3.29. The zero-order chi connectivity index (χ0) is 22.6. The largest absolute Gasteiger partial charge is 0.497 e. The van der Waals surface area contributed by atoms with Gasteiger partial charge in [-0.25, -0.2) is 0 Å².